The van der Waals surface area contributed by atoms with Crippen LogP contribution in [0.2, 0.25) is 0 Å². The van der Waals surface area contributed by atoms with Crippen LogP contribution in [0.25, 0.3) is 0 Å². The van der Waals surface area contributed by atoms with Crippen LogP contribution in [0.5, 0.6) is 0 Å². The maximum atomic E-state index is 11.4. The molecular formula is C10H18N2O4. The zero-order valence-corrected chi connectivity index (χ0v) is 9.32. The minimum Gasteiger partial charge on any atom is -0.396 e. The molecule has 1 rings (SSSR count). The van der Waals surface area contributed by atoms with Gasteiger partial charge in [-0.25, -0.2) is 0 Å². The summed E-state index contributed by atoms with van der Waals surface area (Å²) in [7, 11) is 0. The van der Waals surface area contributed by atoms with Crippen molar-refractivity contribution in [1.29, 1.82) is 0 Å². The van der Waals surface area contributed by atoms with E-state index >= 15 is 0 Å². The fourth-order valence-electron chi connectivity index (χ4n) is 1.42. The Morgan fingerprint density at radius 2 is 2.06 bits per heavy atom. The second-order valence-corrected chi connectivity index (χ2v) is 4.51. The summed E-state index contributed by atoms with van der Waals surface area (Å²) in [5.74, 6) is -0.593. The average molecular weight is 230 g/mol. The number of hydrogen-bond donors (Lipinski definition) is 4. The molecular weight excluding hydrogens is 212 g/mol. The lowest BCUT2D eigenvalue weighted by Gasteiger charge is -2.29. The largest absolute Gasteiger partial charge is 0.396 e. The first-order valence-corrected chi connectivity index (χ1v) is 5.29. The molecule has 0 radical (unpaired) electrons. The highest BCUT2D eigenvalue weighted by Gasteiger charge is 2.29. The normalized spacial score (nSPS) is 22.1. The highest BCUT2D eigenvalue weighted by atomic mass is 16.3. The Morgan fingerprint density at radius 3 is 2.56 bits per heavy atom. The Hall–Kier alpha value is -0.980. The molecule has 0 aromatic heterocycles. The maximum absolute atomic E-state index is 11.4. The number of imide groups is 1. The van der Waals surface area contributed by atoms with Crippen LogP contribution in [0.15, 0.2) is 0 Å². The number of hydrogen-bond acceptors (Lipinski definition) is 5. The fraction of sp³-hybridized carbons (Fsp3) is 0.800. The van der Waals surface area contributed by atoms with E-state index in [2.05, 4.69) is 10.6 Å². The van der Waals surface area contributed by atoms with Crippen LogP contribution in [-0.4, -0.2) is 47.8 Å². The molecule has 1 atom stereocenters. The molecule has 1 unspecified atom stereocenters. The van der Waals surface area contributed by atoms with Crippen molar-refractivity contribution >= 4 is 11.8 Å². The van der Waals surface area contributed by atoms with Crippen molar-refractivity contribution in [3.05, 3.63) is 0 Å². The Kier molecular flexibility index (Phi) is 4.40. The van der Waals surface area contributed by atoms with Gasteiger partial charge in [0.1, 0.15) is 0 Å². The molecule has 92 valence electrons. The van der Waals surface area contributed by atoms with Crippen molar-refractivity contribution in [2.75, 3.05) is 19.8 Å². The van der Waals surface area contributed by atoms with E-state index in [1.807, 2.05) is 0 Å². The molecule has 1 heterocycles. The standard InChI is InChI=1S/C10H18N2O4/c1-10(5-13,6-14)4-11-7-2-3-8(15)12-9(7)16/h7,11,13-14H,2-6H2,1H3,(H,12,15,16). The van der Waals surface area contributed by atoms with E-state index < -0.39 is 11.5 Å². The third-order valence-electron chi connectivity index (χ3n) is 2.78. The number of carbonyl (C=O) groups is 2. The first-order valence-electron chi connectivity index (χ1n) is 5.29. The molecule has 1 saturated heterocycles. The van der Waals surface area contributed by atoms with Crippen molar-refractivity contribution in [2.24, 2.45) is 5.41 Å². The molecule has 0 aliphatic carbocycles. The van der Waals surface area contributed by atoms with E-state index in [0.717, 1.165) is 0 Å². The van der Waals surface area contributed by atoms with E-state index in [-0.39, 0.29) is 25.0 Å². The SMILES string of the molecule is CC(CO)(CO)CNC1CCC(=O)NC1=O. The Balaban J connectivity index is 2.43. The van der Waals surface area contributed by atoms with Gasteiger partial charge < -0.3 is 15.5 Å². The lowest BCUT2D eigenvalue weighted by molar-refractivity contribution is -0.134. The second kappa shape index (κ2) is 5.38. The summed E-state index contributed by atoms with van der Waals surface area (Å²) in [6, 6.07) is -0.421. The predicted molar refractivity (Wildman–Crippen MR) is 56.5 cm³/mol. The number of aliphatic hydroxyl groups is 2. The van der Waals surface area contributed by atoms with E-state index in [1.54, 1.807) is 6.92 Å². The highest BCUT2D eigenvalue weighted by molar-refractivity contribution is 6.00. The molecule has 0 saturated carbocycles. The smallest absolute Gasteiger partial charge is 0.243 e. The molecule has 0 aromatic rings. The van der Waals surface area contributed by atoms with E-state index in [4.69, 9.17) is 10.2 Å². The number of aliphatic hydroxyl groups excluding tert-OH is 2. The number of carbonyl (C=O) groups excluding carboxylic acids is 2. The monoisotopic (exact) mass is 230 g/mol. The molecule has 1 fully saturated rings. The van der Waals surface area contributed by atoms with E-state index in [1.165, 1.54) is 0 Å². The second-order valence-electron chi connectivity index (χ2n) is 4.51. The van der Waals surface area contributed by atoms with Gasteiger partial charge in [0.05, 0.1) is 19.3 Å². The molecule has 6 nitrogen and oxygen atoms in total. The molecule has 6 heteroatoms. The fourth-order valence-corrected chi connectivity index (χ4v) is 1.42. The van der Waals surface area contributed by atoms with Crippen molar-refractivity contribution in [3.63, 3.8) is 0 Å². The van der Waals surface area contributed by atoms with Crippen molar-refractivity contribution in [1.82, 2.24) is 10.6 Å². The highest BCUT2D eigenvalue weighted by Crippen LogP contribution is 2.14. The molecule has 2 amide bonds. The van der Waals surface area contributed by atoms with Gasteiger partial charge in [-0.05, 0) is 6.42 Å². The van der Waals surface area contributed by atoms with Gasteiger partial charge in [-0.1, -0.05) is 6.92 Å². The van der Waals surface area contributed by atoms with Gasteiger partial charge in [-0.2, -0.15) is 0 Å². The predicted octanol–water partition coefficient (Wildman–Crippen LogP) is -1.63. The molecule has 16 heavy (non-hydrogen) atoms. The van der Waals surface area contributed by atoms with Crippen LogP contribution in [0.4, 0.5) is 0 Å². The van der Waals surface area contributed by atoms with Gasteiger partial charge in [0.2, 0.25) is 11.8 Å². The Morgan fingerprint density at radius 1 is 1.44 bits per heavy atom. The first kappa shape index (κ1) is 13.1. The third-order valence-corrected chi connectivity index (χ3v) is 2.78. The quantitative estimate of drug-likeness (QED) is 0.425. The minimum atomic E-state index is -0.651. The van der Waals surface area contributed by atoms with Crippen LogP contribution in [0, 0.1) is 5.41 Å². The average Bonchev–Trinajstić information content (AvgIpc) is 2.27. The summed E-state index contributed by atoms with van der Waals surface area (Å²) in [6.07, 6.45) is 0.774. The topological polar surface area (TPSA) is 98.7 Å². The van der Waals surface area contributed by atoms with Gasteiger partial charge in [0.15, 0.2) is 0 Å². The van der Waals surface area contributed by atoms with Crippen LogP contribution >= 0.6 is 0 Å². The first-order chi connectivity index (χ1) is 7.50. The van der Waals surface area contributed by atoms with Gasteiger partial charge in [-0.15, -0.1) is 0 Å². The lowest BCUT2D eigenvalue weighted by Crippen LogP contribution is -2.53. The molecule has 0 spiro atoms. The summed E-state index contributed by atoms with van der Waals surface area (Å²) in [5.41, 5.74) is -0.651. The lowest BCUT2D eigenvalue weighted by atomic mass is 9.92. The summed E-state index contributed by atoms with van der Waals surface area (Å²) >= 11 is 0. The van der Waals surface area contributed by atoms with Crippen molar-refractivity contribution < 1.29 is 19.8 Å². The minimum absolute atomic E-state index is 0.163. The summed E-state index contributed by atoms with van der Waals surface area (Å²) < 4.78 is 0. The molecule has 0 bridgehead atoms. The summed E-state index contributed by atoms with van der Waals surface area (Å²) in [6.45, 7) is 1.71. The van der Waals surface area contributed by atoms with Gasteiger partial charge in [-0.3, -0.25) is 14.9 Å². The summed E-state index contributed by atoms with van der Waals surface area (Å²) in [4.78, 5) is 22.3. The third kappa shape index (κ3) is 3.26. The zero-order chi connectivity index (χ0) is 12.2. The van der Waals surface area contributed by atoms with Gasteiger partial charge in [0.25, 0.3) is 0 Å². The van der Waals surface area contributed by atoms with Crippen LogP contribution in [0.3, 0.4) is 0 Å². The number of piperidine rings is 1. The number of rotatable bonds is 5. The Labute approximate surface area is 94.0 Å². The summed E-state index contributed by atoms with van der Waals surface area (Å²) in [5, 5.41) is 23.3. The van der Waals surface area contributed by atoms with E-state index in [0.29, 0.717) is 19.4 Å². The van der Waals surface area contributed by atoms with Gasteiger partial charge in [0, 0.05) is 18.4 Å². The molecule has 4 N–H and O–H groups in total. The van der Waals surface area contributed by atoms with Crippen molar-refractivity contribution in [3.8, 4) is 0 Å². The Bertz CT molecular complexity index is 276. The zero-order valence-electron chi connectivity index (χ0n) is 9.32. The van der Waals surface area contributed by atoms with E-state index in [9.17, 15) is 9.59 Å². The maximum Gasteiger partial charge on any atom is 0.243 e. The van der Waals surface area contributed by atoms with Crippen LogP contribution in [0.1, 0.15) is 19.8 Å². The van der Waals surface area contributed by atoms with Crippen LogP contribution in [-0.2, 0) is 9.59 Å². The number of amides is 2. The van der Waals surface area contributed by atoms with Crippen LogP contribution < -0.4 is 10.6 Å². The molecule has 0 aromatic carbocycles. The van der Waals surface area contributed by atoms with Gasteiger partial charge >= 0.3 is 0 Å². The number of nitrogens with one attached hydrogen (secondary N) is 2. The van der Waals surface area contributed by atoms with Crippen molar-refractivity contribution in [2.45, 2.75) is 25.8 Å². The molecule has 1 aliphatic rings. The molecule has 1 aliphatic heterocycles.